The maximum atomic E-state index is 12.7. The summed E-state index contributed by atoms with van der Waals surface area (Å²) in [5, 5.41) is 3.96. The number of nitrogens with zero attached hydrogens (tertiary/aromatic N) is 2. The van der Waals surface area contributed by atoms with Gasteiger partial charge in [0.15, 0.2) is 5.75 Å². The summed E-state index contributed by atoms with van der Waals surface area (Å²) < 4.78 is 36.4. The molecule has 0 fully saturated rings. The molecule has 0 aliphatic heterocycles. The Morgan fingerprint density at radius 2 is 1.80 bits per heavy atom. The lowest BCUT2D eigenvalue weighted by Gasteiger charge is -2.14. The van der Waals surface area contributed by atoms with Gasteiger partial charge in [-0.2, -0.15) is 18.2 Å². The fourth-order valence-corrected chi connectivity index (χ4v) is 4.05. The van der Waals surface area contributed by atoms with Crippen molar-refractivity contribution in [2.75, 3.05) is 6.61 Å². The number of aryl methyl sites for hydroxylation is 1. The summed E-state index contributed by atoms with van der Waals surface area (Å²) in [5.41, 5.74) is -0.00938. The maximum Gasteiger partial charge on any atom is 0.362 e. The predicted molar refractivity (Wildman–Crippen MR) is 110 cm³/mol. The number of carbonyl (C=O) groups excluding carboxylic acids is 1. The number of ether oxygens (including phenoxy) is 1. The number of aromatic nitrogens is 2. The van der Waals surface area contributed by atoms with E-state index in [0.717, 1.165) is 16.3 Å². The fraction of sp³-hybridized carbons (Fsp3) is 0.150. The van der Waals surface area contributed by atoms with Gasteiger partial charge in [-0.1, -0.05) is 41.9 Å². The van der Waals surface area contributed by atoms with Crippen molar-refractivity contribution in [2.24, 2.45) is 0 Å². The van der Waals surface area contributed by atoms with E-state index in [4.69, 9.17) is 20.5 Å². The van der Waals surface area contributed by atoms with Gasteiger partial charge in [0.2, 0.25) is 5.69 Å². The van der Waals surface area contributed by atoms with Crippen LogP contribution >= 0.6 is 11.6 Å². The average molecular weight is 449 g/mol. The highest BCUT2D eigenvalue weighted by Gasteiger charge is 2.27. The van der Waals surface area contributed by atoms with Crippen LogP contribution in [-0.4, -0.2) is 30.8 Å². The summed E-state index contributed by atoms with van der Waals surface area (Å²) in [6.07, 6.45) is 0. The first-order chi connectivity index (χ1) is 14.2. The zero-order chi connectivity index (χ0) is 21.9. The van der Waals surface area contributed by atoms with Crippen LogP contribution in [0.1, 0.15) is 23.0 Å². The Labute approximate surface area is 177 Å². The summed E-state index contributed by atoms with van der Waals surface area (Å²) in [6.45, 7) is 3.36. The lowest BCUT2D eigenvalue weighted by Crippen LogP contribution is -2.26. The highest BCUT2D eigenvalue weighted by molar-refractivity contribution is 7.87. The number of halogens is 1. The number of carbonyl (C=O) groups is 1. The van der Waals surface area contributed by atoms with Crippen molar-refractivity contribution in [1.29, 1.82) is 0 Å². The van der Waals surface area contributed by atoms with E-state index in [-0.39, 0.29) is 16.5 Å². The van der Waals surface area contributed by atoms with Gasteiger partial charge in [-0.25, -0.2) is 4.79 Å². The molecule has 0 spiro atoms. The van der Waals surface area contributed by atoms with Crippen molar-refractivity contribution in [3.63, 3.8) is 0 Å². The minimum Gasteiger partial charge on any atom is -0.461 e. The molecule has 1 heterocycles. The molecule has 3 rings (SSSR count). The van der Waals surface area contributed by atoms with Crippen LogP contribution in [0.25, 0.3) is 5.69 Å². The fourth-order valence-electron chi connectivity index (χ4n) is 2.63. The first-order valence-electron chi connectivity index (χ1n) is 8.81. The van der Waals surface area contributed by atoms with Gasteiger partial charge in [0.25, 0.3) is 5.56 Å². The third-order valence-electron chi connectivity index (χ3n) is 4.01. The standard InChI is InChI=1S/C20H17ClN2O6S/c1-3-28-20(25)19-16(29-30(26,27)17-11-7-5-9-14(17)21)12-18(24)23(22-19)15-10-6-4-8-13(15)2/h4-12H,3H2,1-2H3. The van der Waals surface area contributed by atoms with Crippen LogP contribution in [0.5, 0.6) is 5.75 Å². The second-order valence-electron chi connectivity index (χ2n) is 6.08. The van der Waals surface area contributed by atoms with Gasteiger partial charge in [0.1, 0.15) is 4.90 Å². The van der Waals surface area contributed by atoms with E-state index in [2.05, 4.69) is 5.10 Å². The maximum absolute atomic E-state index is 12.7. The number of rotatable bonds is 6. The van der Waals surface area contributed by atoms with Crippen LogP contribution in [0.15, 0.2) is 64.3 Å². The van der Waals surface area contributed by atoms with Gasteiger partial charge in [-0.3, -0.25) is 4.79 Å². The Hall–Kier alpha value is -3.17. The molecule has 1 aromatic heterocycles. The zero-order valence-corrected chi connectivity index (χ0v) is 17.6. The van der Waals surface area contributed by atoms with Gasteiger partial charge in [0.05, 0.1) is 23.4 Å². The van der Waals surface area contributed by atoms with Crippen LogP contribution in [-0.2, 0) is 14.9 Å². The largest absolute Gasteiger partial charge is 0.461 e. The van der Waals surface area contributed by atoms with E-state index in [0.29, 0.717) is 5.69 Å². The first-order valence-corrected chi connectivity index (χ1v) is 10.6. The SMILES string of the molecule is CCOC(=O)c1nn(-c2ccccc2C)c(=O)cc1OS(=O)(=O)c1ccccc1Cl. The number of benzene rings is 2. The molecule has 3 aromatic rings. The molecule has 0 atom stereocenters. The van der Waals surface area contributed by atoms with Gasteiger partial charge in [0, 0.05) is 0 Å². The van der Waals surface area contributed by atoms with Crippen LogP contribution < -0.4 is 9.74 Å². The molecule has 10 heteroatoms. The summed E-state index contributed by atoms with van der Waals surface area (Å²) >= 11 is 5.95. The number of esters is 1. The molecule has 0 bridgehead atoms. The molecular weight excluding hydrogens is 432 g/mol. The van der Waals surface area contributed by atoms with Gasteiger partial charge < -0.3 is 8.92 Å². The Balaban J connectivity index is 2.16. The molecule has 2 aromatic carbocycles. The lowest BCUT2D eigenvalue weighted by atomic mass is 10.2. The molecule has 156 valence electrons. The normalized spacial score (nSPS) is 11.2. The van der Waals surface area contributed by atoms with E-state index in [1.165, 1.54) is 18.2 Å². The third-order valence-corrected chi connectivity index (χ3v) is 5.75. The van der Waals surface area contributed by atoms with E-state index < -0.39 is 33.1 Å². The third kappa shape index (κ3) is 4.37. The van der Waals surface area contributed by atoms with E-state index in [1.807, 2.05) is 0 Å². The molecule has 8 nitrogen and oxygen atoms in total. The Kier molecular flexibility index (Phi) is 6.23. The predicted octanol–water partition coefficient (Wildman–Crippen LogP) is 3.14. The monoisotopic (exact) mass is 448 g/mol. The van der Waals surface area contributed by atoms with E-state index in [9.17, 15) is 18.0 Å². The van der Waals surface area contributed by atoms with Crippen LogP contribution in [0, 0.1) is 6.92 Å². The van der Waals surface area contributed by atoms with E-state index >= 15 is 0 Å². The minimum absolute atomic E-state index is 0.0146. The second-order valence-corrected chi connectivity index (χ2v) is 8.00. The van der Waals surface area contributed by atoms with Crippen molar-refractivity contribution in [3.8, 4) is 11.4 Å². The molecule has 0 unspecified atom stereocenters. The Morgan fingerprint density at radius 1 is 1.13 bits per heavy atom. The molecule has 0 N–H and O–H groups in total. The van der Waals surface area contributed by atoms with Crippen molar-refractivity contribution in [2.45, 2.75) is 18.7 Å². The minimum atomic E-state index is -4.45. The van der Waals surface area contributed by atoms with E-state index in [1.54, 1.807) is 44.2 Å². The second kappa shape index (κ2) is 8.68. The molecule has 0 radical (unpaired) electrons. The Bertz CT molecular complexity index is 1270. The summed E-state index contributed by atoms with van der Waals surface area (Å²) in [6, 6.07) is 13.4. The number of hydrogen-bond donors (Lipinski definition) is 0. The quantitative estimate of drug-likeness (QED) is 0.421. The van der Waals surface area contributed by atoms with Gasteiger partial charge in [-0.15, -0.1) is 0 Å². The van der Waals surface area contributed by atoms with Crippen LogP contribution in [0.4, 0.5) is 0 Å². The summed E-state index contributed by atoms with van der Waals surface area (Å²) in [4.78, 5) is 24.8. The molecule has 0 saturated heterocycles. The number of hydrogen-bond acceptors (Lipinski definition) is 7. The van der Waals surface area contributed by atoms with Crippen molar-refractivity contribution in [3.05, 3.63) is 81.2 Å². The molecule has 0 amide bonds. The lowest BCUT2D eigenvalue weighted by molar-refractivity contribution is 0.0515. The van der Waals surface area contributed by atoms with Crippen LogP contribution in [0.3, 0.4) is 0 Å². The Morgan fingerprint density at radius 3 is 2.47 bits per heavy atom. The van der Waals surface area contributed by atoms with Crippen LogP contribution in [0.2, 0.25) is 5.02 Å². The summed E-state index contributed by atoms with van der Waals surface area (Å²) in [7, 11) is -4.45. The summed E-state index contributed by atoms with van der Waals surface area (Å²) in [5.74, 6) is -1.49. The zero-order valence-electron chi connectivity index (χ0n) is 16.0. The molecular formula is C20H17ClN2O6S. The number of para-hydroxylation sites is 1. The van der Waals surface area contributed by atoms with Crippen molar-refractivity contribution >= 4 is 27.7 Å². The van der Waals surface area contributed by atoms with Gasteiger partial charge in [-0.05, 0) is 37.6 Å². The molecule has 30 heavy (non-hydrogen) atoms. The van der Waals surface area contributed by atoms with Crippen molar-refractivity contribution in [1.82, 2.24) is 9.78 Å². The van der Waals surface area contributed by atoms with Gasteiger partial charge >= 0.3 is 16.1 Å². The highest BCUT2D eigenvalue weighted by Crippen LogP contribution is 2.26. The van der Waals surface area contributed by atoms with Crippen molar-refractivity contribution < 1.29 is 22.1 Å². The molecule has 0 aliphatic carbocycles. The molecule has 0 saturated carbocycles. The highest BCUT2D eigenvalue weighted by atomic mass is 35.5. The molecule has 0 aliphatic rings. The topological polar surface area (TPSA) is 105 Å². The average Bonchev–Trinajstić information content (AvgIpc) is 2.69. The first kappa shape index (κ1) is 21.5. The smallest absolute Gasteiger partial charge is 0.362 e.